The van der Waals surface area contributed by atoms with E-state index in [1.54, 1.807) is 0 Å². The van der Waals surface area contributed by atoms with Crippen molar-refractivity contribution in [2.45, 2.75) is 105 Å². The zero-order valence-corrected chi connectivity index (χ0v) is 21.9. The van der Waals surface area contributed by atoms with E-state index in [1.807, 2.05) is 13.8 Å². The molecule has 3 rings (SSSR count). The Morgan fingerprint density at radius 3 is 1.66 bits per heavy atom. The molecule has 0 amide bonds. The first kappa shape index (κ1) is 28.1. The molecule has 178 valence electrons. The molecule has 2 atom stereocenters. The predicted octanol–water partition coefficient (Wildman–Crippen LogP) is 9.17. The molecule has 2 aromatic rings. The Balaban J connectivity index is 0.000000427. The van der Waals surface area contributed by atoms with Crippen molar-refractivity contribution in [3.63, 3.8) is 0 Å². The Hall–Kier alpha value is -1.89. The highest BCUT2D eigenvalue weighted by Crippen LogP contribution is 2.52. The van der Waals surface area contributed by atoms with Gasteiger partial charge in [0, 0.05) is 11.3 Å². The first-order chi connectivity index (χ1) is 15.5. The van der Waals surface area contributed by atoms with Crippen molar-refractivity contribution in [1.82, 2.24) is 0 Å². The van der Waals surface area contributed by atoms with Gasteiger partial charge in [-0.25, -0.2) is 0 Å². The standard InChI is InChI=1S/C21H32O.C8H10.C2H6/c1-4-6-7-15-21(18(5-2)16-22,19-9-8-10-19)20-13-11-17(3)12-14-20;1-7-3-5-8(2)6-4-7;1-2/h11-14,16,18-19H,4-10,15H2,1-3H3;3-6H,1-2H3;1-2H3/t18-,21?;;/m0../s1. The van der Waals surface area contributed by atoms with Crippen molar-refractivity contribution < 1.29 is 4.79 Å². The molecule has 1 saturated carbocycles. The maximum atomic E-state index is 11.9. The number of carbonyl (C=O) groups excluding carboxylic acids is 1. The average molecular weight is 437 g/mol. The first-order valence-corrected chi connectivity index (χ1v) is 13.0. The summed E-state index contributed by atoms with van der Waals surface area (Å²) in [6.07, 6.45) is 11.1. The van der Waals surface area contributed by atoms with Crippen LogP contribution >= 0.6 is 0 Å². The Labute approximate surface area is 199 Å². The average Bonchev–Trinajstić information content (AvgIpc) is 2.77. The molecule has 2 aromatic carbocycles. The lowest BCUT2D eigenvalue weighted by atomic mass is 9.54. The Bertz CT molecular complexity index is 718. The van der Waals surface area contributed by atoms with Crippen LogP contribution in [0.1, 0.15) is 101 Å². The molecule has 0 N–H and O–H groups in total. The zero-order chi connectivity index (χ0) is 24.0. The quantitative estimate of drug-likeness (QED) is 0.283. The smallest absolute Gasteiger partial charge is 0.123 e. The highest BCUT2D eigenvalue weighted by molar-refractivity contribution is 5.58. The van der Waals surface area contributed by atoms with E-state index in [9.17, 15) is 4.79 Å². The van der Waals surface area contributed by atoms with E-state index in [0.717, 1.165) is 6.42 Å². The second-order valence-corrected chi connectivity index (χ2v) is 9.30. The largest absolute Gasteiger partial charge is 0.303 e. The highest BCUT2D eigenvalue weighted by atomic mass is 16.1. The van der Waals surface area contributed by atoms with Crippen molar-refractivity contribution in [3.8, 4) is 0 Å². The van der Waals surface area contributed by atoms with Gasteiger partial charge in [-0.05, 0) is 57.9 Å². The van der Waals surface area contributed by atoms with Crippen molar-refractivity contribution in [2.75, 3.05) is 0 Å². The summed E-state index contributed by atoms with van der Waals surface area (Å²) in [7, 11) is 0. The summed E-state index contributed by atoms with van der Waals surface area (Å²) in [5.74, 6) is 0.861. The molecule has 0 heterocycles. The van der Waals surface area contributed by atoms with Crippen LogP contribution in [-0.4, -0.2) is 6.29 Å². The molecular formula is C31H48O. The summed E-state index contributed by atoms with van der Waals surface area (Å²) in [6, 6.07) is 17.5. The van der Waals surface area contributed by atoms with E-state index >= 15 is 0 Å². The maximum absolute atomic E-state index is 11.9. The van der Waals surface area contributed by atoms with E-state index in [1.165, 1.54) is 73.5 Å². The fourth-order valence-corrected chi connectivity index (χ4v) is 4.96. The van der Waals surface area contributed by atoms with Crippen LogP contribution < -0.4 is 0 Å². The Morgan fingerprint density at radius 2 is 1.31 bits per heavy atom. The molecule has 1 heteroatoms. The summed E-state index contributed by atoms with van der Waals surface area (Å²) in [6.45, 7) is 14.8. The zero-order valence-electron chi connectivity index (χ0n) is 21.9. The van der Waals surface area contributed by atoms with Gasteiger partial charge in [0.2, 0.25) is 0 Å². The fraction of sp³-hybridized carbons (Fsp3) is 0.581. The minimum absolute atomic E-state index is 0.0810. The van der Waals surface area contributed by atoms with Crippen LogP contribution in [0, 0.1) is 32.6 Å². The molecule has 0 aromatic heterocycles. The summed E-state index contributed by atoms with van der Waals surface area (Å²) in [5.41, 5.74) is 5.46. The molecule has 1 aliphatic carbocycles. The van der Waals surface area contributed by atoms with E-state index in [2.05, 4.69) is 83.1 Å². The molecule has 1 aliphatic rings. The number of hydrogen-bond donors (Lipinski definition) is 0. The normalized spacial score (nSPS) is 15.7. The molecule has 32 heavy (non-hydrogen) atoms. The van der Waals surface area contributed by atoms with Crippen LogP contribution in [0.25, 0.3) is 0 Å². The van der Waals surface area contributed by atoms with E-state index in [4.69, 9.17) is 0 Å². The predicted molar refractivity (Wildman–Crippen MR) is 141 cm³/mol. The first-order valence-electron chi connectivity index (χ1n) is 13.0. The molecule has 0 radical (unpaired) electrons. The summed E-state index contributed by atoms with van der Waals surface area (Å²) < 4.78 is 0. The summed E-state index contributed by atoms with van der Waals surface area (Å²) in [4.78, 5) is 11.9. The topological polar surface area (TPSA) is 17.1 Å². The minimum Gasteiger partial charge on any atom is -0.303 e. The lowest BCUT2D eigenvalue weighted by Gasteiger charge is -2.49. The fourth-order valence-electron chi connectivity index (χ4n) is 4.96. The molecule has 0 saturated heterocycles. The van der Waals surface area contributed by atoms with Gasteiger partial charge in [-0.15, -0.1) is 0 Å². The highest BCUT2D eigenvalue weighted by Gasteiger charge is 2.47. The van der Waals surface area contributed by atoms with Gasteiger partial charge in [-0.2, -0.15) is 0 Å². The van der Waals surface area contributed by atoms with Gasteiger partial charge in [-0.1, -0.05) is 119 Å². The van der Waals surface area contributed by atoms with Crippen molar-refractivity contribution in [1.29, 1.82) is 0 Å². The van der Waals surface area contributed by atoms with E-state index in [-0.39, 0.29) is 11.3 Å². The third-order valence-electron chi connectivity index (χ3n) is 7.10. The van der Waals surface area contributed by atoms with Crippen LogP contribution in [0.3, 0.4) is 0 Å². The number of aldehydes is 1. The van der Waals surface area contributed by atoms with Gasteiger partial charge in [0.1, 0.15) is 6.29 Å². The van der Waals surface area contributed by atoms with E-state index in [0.29, 0.717) is 5.92 Å². The second kappa shape index (κ2) is 15.0. The van der Waals surface area contributed by atoms with Gasteiger partial charge < -0.3 is 4.79 Å². The van der Waals surface area contributed by atoms with E-state index < -0.39 is 0 Å². The van der Waals surface area contributed by atoms with Gasteiger partial charge in [0.15, 0.2) is 0 Å². The molecular weight excluding hydrogens is 388 g/mol. The Morgan fingerprint density at radius 1 is 0.844 bits per heavy atom. The Kier molecular flexibility index (Phi) is 13.2. The number of unbranched alkanes of at least 4 members (excludes halogenated alkanes) is 2. The van der Waals surface area contributed by atoms with Gasteiger partial charge in [0.25, 0.3) is 0 Å². The third kappa shape index (κ3) is 7.61. The number of rotatable bonds is 9. The van der Waals surface area contributed by atoms with Crippen LogP contribution in [0.15, 0.2) is 48.5 Å². The van der Waals surface area contributed by atoms with Crippen LogP contribution in [0.4, 0.5) is 0 Å². The molecule has 0 aliphatic heterocycles. The molecule has 1 fully saturated rings. The number of hydrogen-bond acceptors (Lipinski definition) is 1. The summed E-state index contributed by atoms with van der Waals surface area (Å²) >= 11 is 0. The molecule has 1 unspecified atom stereocenters. The maximum Gasteiger partial charge on any atom is 0.123 e. The second-order valence-electron chi connectivity index (χ2n) is 9.30. The molecule has 1 nitrogen and oxygen atoms in total. The number of benzene rings is 2. The third-order valence-corrected chi connectivity index (χ3v) is 7.10. The number of aryl methyl sites for hydroxylation is 3. The minimum atomic E-state index is 0.0810. The molecule has 0 spiro atoms. The van der Waals surface area contributed by atoms with Crippen LogP contribution in [0.2, 0.25) is 0 Å². The molecule has 0 bridgehead atoms. The summed E-state index contributed by atoms with van der Waals surface area (Å²) in [5, 5.41) is 0. The monoisotopic (exact) mass is 436 g/mol. The van der Waals surface area contributed by atoms with Crippen LogP contribution in [0.5, 0.6) is 0 Å². The van der Waals surface area contributed by atoms with Crippen molar-refractivity contribution in [3.05, 3.63) is 70.8 Å². The lowest BCUT2D eigenvalue weighted by Crippen LogP contribution is -2.46. The van der Waals surface area contributed by atoms with Gasteiger partial charge in [0.05, 0.1) is 0 Å². The SMILES string of the molecule is CC.CCCCCC(c1ccc(C)cc1)(C1CCC1)[C@H](C=O)CC.Cc1ccc(C)cc1. The van der Waals surface area contributed by atoms with Crippen LogP contribution in [-0.2, 0) is 10.2 Å². The van der Waals surface area contributed by atoms with Crippen molar-refractivity contribution >= 4 is 6.29 Å². The van der Waals surface area contributed by atoms with Gasteiger partial charge in [-0.3, -0.25) is 0 Å². The number of carbonyl (C=O) groups is 1. The van der Waals surface area contributed by atoms with Crippen molar-refractivity contribution in [2.24, 2.45) is 11.8 Å². The van der Waals surface area contributed by atoms with Gasteiger partial charge >= 0.3 is 0 Å². The lowest BCUT2D eigenvalue weighted by molar-refractivity contribution is -0.115.